The molecular weight excluding hydrogens is 282 g/mol. The van der Waals surface area contributed by atoms with Crippen LogP contribution in [0.4, 0.5) is 0 Å². The first kappa shape index (κ1) is 16.0. The van der Waals surface area contributed by atoms with Crippen LogP contribution in [0.1, 0.15) is 10.5 Å². The van der Waals surface area contributed by atoms with Crippen molar-refractivity contribution in [1.82, 2.24) is 0 Å². The molecule has 20 heavy (non-hydrogen) atoms. The summed E-state index contributed by atoms with van der Waals surface area (Å²) in [5, 5.41) is 0. The van der Waals surface area contributed by atoms with Gasteiger partial charge in [-0.25, -0.2) is 8.42 Å². The number of hydrogen-bond acceptors (Lipinski definition) is 5. The second kappa shape index (κ2) is 7.49. The van der Waals surface area contributed by atoms with Crippen molar-refractivity contribution in [3.63, 3.8) is 0 Å². The number of hydrogen-bond donors (Lipinski definition) is 0. The summed E-state index contributed by atoms with van der Waals surface area (Å²) in [6, 6.07) is 15.3. The average molecular weight is 295 g/mol. The first-order valence-corrected chi connectivity index (χ1v) is 6.84. The summed E-state index contributed by atoms with van der Waals surface area (Å²) in [5.74, 6) is 0. The van der Waals surface area contributed by atoms with Gasteiger partial charge in [-0.3, -0.25) is 8.98 Å². The zero-order valence-electron chi connectivity index (χ0n) is 10.7. The van der Waals surface area contributed by atoms with Gasteiger partial charge in [-0.1, -0.05) is 18.2 Å². The number of para-hydroxylation sites is 1. The summed E-state index contributed by atoms with van der Waals surface area (Å²) in [7, 11) is -3.60. The van der Waals surface area contributed by atoms with Crippen molar-refractivity contribution in [2.45, 2.75) is 0 Å². The van der Waals surface area contributed by atoms with Crippen molar-refractivity contribution >= 4 is 16.7 Å². The summed E-state index contributed by atoms with van der Waals surface area (Å²) in [5.41, 5.74) is 1.65. The number of carbonyl (C=O) groups excluding carboxylic acids is 1. The van der Waals surface area contributed by atoms with Crippen LogP contribution in [0.25, 0.3) is 5.69 Å². The van der Waals surface area contributed by atoms with Crippen LogP contribution < -0.4 is 4.57 Å². The Hall–Kier alpha value is -2.09. The maximum Gasteiger partial charge on any atom is 0.251 e. The smallest absolute Gasteiger partial charge is 0.251 e. The molecule has 0 spiro atoms. The third kappa shape index (κ3) is 5.27. The van der Waals surface area contributed by atoms with Crippen molar-refractivity contribution in [3.8, 4) is 5.69 Å². The van der Waals surface area contributed by atoms with Gasteiger partial charge in [-0.05, 0) is 6.07 Å². The molecule has 0 saturated heterocycles. The van der Waals surface area contributed by atoms with Crippen molar-refractivity contribution in [1.29, 1.82) is 0 Å². The highest BCUT2D eigenvalue weighted by Gasteiger charge is 2.09. The highest BCUT2D eigenvalue weighted by Crippen LogP contribution is 1.99. The van der Waals surface area contributed by atoms with E-state index >= 15 is 0 Å². The fourth-order valence-electron chi connectivity index (χ4n) is 1.38. The molecule has 1 aromatic carbocycles. The fraction of sp³-hybridized carbons (Fsp3) is 0.0769. The Kier molecular flexibility index (Phi) is 5.98. The monoisotopic (exact) mass is 295 g/mol. The standard InChI is InChI=1S/C12H10NO.CH4O4S/c14-10-12-8-4-5-9-13(12)11-6-2-1-3-7-11;1-5-6(2,3)4/h1-10H;1H3,(H,2,3,4)/q+1;/p-1. The van der Waals surface area contributed by atoms with Crippen LogP contribution in [-0.4, -0.2) is 26.4 Å². The van der Waals surface area contributed by atoms with Gasteiger partial charge in [0.1, 0.15) is 0 Å². The lowest BCUT2D eigenvalue weighted by Crippen LogP contribution is -2.34. The van der Waals surface area contributed by atoms with Crippen LogP contribution in [0, 0.1) is 0 Å². The average Bonchev–Trinajstić information content (AvgIpc) is 2.48. The van der Waals surface area contributed by atoms with E-state index in [1.165, 1.54) is 0 Å². The predicted octanol–water partition coefficient (Wildman–Crippen LogP) is 0.869. The number of nitrogens with zero attached hydrogens (tertiary/aromatic N) is 1. The Morgan fingerprint density at radius 3 is 2.15 bits per heavy atom. The van der Waals surface area contributed by atoms with Gasteiger partial charge in [0.05, 0.1) is 7.11 Å². The minimum absolute atomic E-state index is 0.652. The first-order valence-electron chi connectivity index (χ1n) is 5.50. The van der Waals surface area contributed by atoms with E-state index in [2.05, 4.69) is 4.18 Å². The SMILES string of the molecule is COS(=O)(=O)[O-].O=Cc1cccc[n+]1-c1ccccc1. The lowest BCUT2D eigenvalue weighted by Gasteiger charge is -1.98. The molecule has 2 rings (SSSR count). The summed E-state index contributed by atoms with van der Waals surface area (Å²) in [4.78, 5) is 10.8. The van der Waals surface area contributed by atoms with E-state index < -0.39 is 10.4 Å². The van der Waals surface area contributed by atoms with Gasteiger partial charge < -0.3 is 4.55 Å². The fourth-order valence-corrected chi connectivity index (χ4v) is 1.38. The second-order valence-electron chi connectivity index (χ2n) is 3.52. The van der Waals surface area contributed by atoms with E-state index in [1.54, 1.807) is 6.07 Å². The van der Waals surface area contributed by atoms with Gasteiger partial charge in [0.25, 0.3) is 5.69 Å². The Bertz CT molecular complexity index is 655. The molecule has 0 N–H and O–H groups in total. The van der Waals surface area contributed by atoms with Gasteiger partial charge in [-0.15, -0.1) is 0 Å². The number of benzene rings is 1. The van der Waals surface area contributed by atoms with Crippen molar-refractivity contribution in [3.05, 3.63) is 60.4 Å². The topological polar surface area (TPSA) is 87.4 Å². The molecule has 0 aliphatic rings. The lowest BCUT2D eigenvalue weighted by molar-refractivity contribution is -0.597. The Labute approximate surface area is 117 Å². The van der Waals surface area contributed by atoms with Crippen molar-refractivity contribution in [2.75, 3.05) is 7.11 Å². The minimum atomic E-state index is -4.41. The van der Waals surface area contributed by atoms with E-state index in [0.29, 0.717) is 5.69 Å². The summed E-state index contributed by atoms with van der Waals surface area (Å²) < 4.78 is 32.9. The lowest BCUT2D eigenvalue weighted by atomic mass is 10.3. The second-order valence-corrected chi connectivity index (χ2v) is 4.67. The number of aldehydes is 1. The highest BCUT2D eigenvalue weighted by atomic mass is 32.3. The van der Waals surface area contributed by atoms with Gasteiger partial charge >= 0.3 is 0 Å². The van der Waals surface area contributed by atoms with Crippen LogP contribution in [0.5, 0.6) is 0 Å². The molecule has 0 saturated carbocycles. The molecule has 0 fully saturated rings. The summed E-state index contributed by atoms with van der Waals surface area (Å²) >= 11 is 0. The van der Waals surface area contributed by atoms with E-state index in [0.717, 1.165) is 19.1 Å². The number of aromatic nitrogens is 1. The van der Waals surface area contributed by atoms with Crippen LogP contribution in [-0.2, 0) is 14.6 Å². The third-order valence-electron chi connectivity index (χ3n) is 2.25. The maximum atomic E-state index is 10.8. The quantitative estimate of drug-likeness (QED) is 0.363. The van der Waals surface area contributed by atoms with Crippen molar-refractivity contribution < 1.29 is 26.5 Å². The molecule has 0 aliphatic heterocycles. The number of pyridine rings is 1. The normalized spacial score (nSPS) is 10.3. The summed E-state index contributed by atoms with van der Waals surface area (Å²) in [6.07, 6.45) is 2.73. The van der Waals surface area contributed by atoms with E-state index in [4.69, 9.17) is 0 Å². The molecule has 106 valence electrons. The zero-order chi connectivity index (χ0) is 15.0. The molecule has 0 atom stereocenters. The third-order valence-corrected chi connectivity index (χ3v) is 2.66. The molecule has 1 heterocycles. The molecule has 0 amide bonds. The van der Waals surface area contributed by atoms with Crippen LogP contribution in [0.15, 0.2) is 54.7 Å². The van der Waals surface area contributed by atoms with Crippen LogP contribution in [0.2, 0.25) is 0 Å². The maximum absolute atomic E-state index is 10.8. The van der Waals surface area contributed by atoms with Crippen LogP contribution >= 0.6 is 0 Å². The largest absolute Gasteiger partial charge is 0.726 e. The van der Waals surface area contributed by atoms with Crippen LogP contribution in [0.3, 0.4) is 0 Å². The molecule has 0 radical (unpaired) electrons. The summed E-state index contributed by atoms with van der Waals surface area (Å²) in [6.45, 7) is 0. The van der Waals surface area contributed by atoms with E-state index in [-0.39, 0.29) is 0 Å². The molecule has 6 nitrogen and oxygen atoms in total. The molecule has 0 unspecified atom stereocenters. The Morgan fingerprint density at radius 1 is 1.10 bits per heavy atom. The Balaban J connectivity index is 0.000000286. The van der Waals surface area contributed by atoms with Gasteiger partial charge in [0, 0.05) is 24.3 Å². The van der Waals surface area contributed by atoms with Gasteiger partial charge in [0.2, 0.25) is 22.4 Å². The molecule has 0 bridgehead atoms. The van der Waals surface area contributed by atoms with E-state index in [1.807, 2.05) is 53.2 Å². The highest BCUT2D eigenvalue weighted by molar-refractivity contribution is 7.80. The zero-order valence-corrected chi connectivity index (χ0v) is 11.5. The number of carbonyl (C=O) groups is 1. The predicted molar refractivity (Wildman–Crippen MR) is 70.1 cm³/mol. The molecule has 0 aliphatic carbocycles. The minimum Gasteiger partial charge on any atom is -0.726 e. The first-order chi connectivity index (χ1) is 9.48. The van der Waals surface area contributed by atoms with Crippen molar-refractivity contribution in [2.24, 2.45) is 0 Å². The van der Waals surface area contributed by atoms with E-state index in [9.17, 15) is 17.8 Å². The van der Waals surface area contributed by atoms with Gasteiger partial charge in [0.15, 0.2) is 6.20 Å². The van der Waals surface area contributed by atoms with Gasteiger partial charge in [-0.2, -0.15) is 4.57 Å². The molecular formula is C13H13NO5S. The molecule has 2 aromatic rings. The molecule has 7 heteroatoms. The number of rotatable bonds is 3. The Morgan fingerprint density at radius 2 is 1.65 bits per heavy atom. The molecule has 1 aromatic heterocycles.